The Morgan fingerprint density at radius 3 is 2.53 bits per heavy atom. The Balaban J connectivity index is 1.44. The molecule has 2 aromatic heterocycles. The summed E-state index contributed by atoms with van der Waals surface area (Å²) >= 11 is 1.28. The van der Waals surface area contributed by atoms with Crippen molar-refractivity contribution in [2.24, 2.45) is 0 Å². The van der Waals surface area contributed by atoms with Gasteiger partial charge in [0.1, 0.15) is 10.8 Å². The number of aliphatic hydroxyl groups is 1. The number of nitrogens with one attached hydrogen (secondary N) is 1. The van der Waals surface area contributed by atoms with Gasteiger partial charge >= 0.3 is 0 Å². The van der Waals surface area contributed by atoms with E-state index in [0.717, 1.165) is 16.8 Å². The summed E-state index contributed by atoms with van der Waals surface area (Å²) in [5.74, 6) is 1.29. The number of thioether (sulfide) groups is 1. The van der Waals surface area contributed by atoms with E-state index in [4.69, 9.17) is 9.72 Å². The maximum atomic E-state index is 13.5. The van der Waals surface area contributed by atoms with Crippen LogP contribution in [0.3, 0.4) is 0 Å². The highest BCUT2D eigenvalue weighted by atomic mass is 32.2. The summed E-state index contributed by atoms with van der Waals surface area (Å²) in [6.07, 6.45) is 2.06. The van der Waals surface area contributed by atoms with Crippen LogP contribution in [-0.4, -0.2) is 31.7 Å². The van der Waals surface area contributed by atoms with Crippen molar-refractivity contribution >= 4 is 23.4 Å². The number of hydrogen-bond acceptors (Lipinski definition) is 7. The van der Waals surface area contributed by atoms with Gasteiger partial charge in [-0.1, -0.05) is 37.7 Å². The van der Waals surface area contributed by atoms with Gasteiger partial charge in [0.25, 0.3) is 0 Å². The zero-order valence-corrected chi connectivity index (χ0v) is 22.1. The first kappa shape index (κ1) is 25.8. The molecule has 5 rings (SSSR count). The van der Waals surface area contributed by atoms with Gasteiger partial charge in [0.15, 0.2) is 11.6 Å². The van der Waals surface area contributed by atoms with Crippen LogP contribution in [0.2, 0.25) is 0 Å². The molecule has 1 aliphatic heterocycles. The van der Waals surface area contributed by atoms with Crippen LogP contribution in [0.25, 0.3) is 11.4 Å². The molecule has 0 radical (unpaired) electrons. The smallest absolute Gasteiger partial charge is 0.234 e. The van der Waals surface area contributed by atoms with Gasteiger partial charge in [-0.15, -0.1) is 0 Å². The monoisotopic (exact) mass is 530 g/mol. The number of fused-ring (bicyclic) bond motifs is 2. The number of pyridine rings is 1. The van der Waals surface area contributed by atoms with E-state index in [1.807, 2.05) is 31.2 Å². The average molecular weight is 531 g/mol. The topological polar surface area (TPSA) is 97.2 Å². The Morgan fingerprint density at radius 1 is 1.11 bits per heavy atom. The minimum atomic E-state index is -0.359. The Hall–Kier alpha value is -3.82. The molecule has 9 heteroatoms. The Bertz CT molecular complexity index is 1490. The van der Waals surface area contributed by atoms with Gasteiger partial charge in [-0.2, -0.15) is 4.98 Å². The zero-order chi connectivity index (χ0) is 26.8. The second-order valence-electron chi connectivity index (χ2n) is 9.37. The van der Waals surface area contributed by atoms with Gasteiger partial charge < -0.3 is 15.2 Å². The minimum Gasteiger partial charge on any atom is -0.436 e. The highest BCUT2D eigenvalue weighted by Crippen LogP contribution is 2.42. The van der Waals surface area contributed by atoms with E-state index >= 15 is 0 Å². The van der Waals surface area contributed by atoms with Crippen molar-refractivity contribution in [2.75, 3.05) is 11.1 Å². The van der Waals surface area contributed by atoms with E-state index < -0.39 is 0 Å². The van der Waals surface area contributed by atoms with Gasteiger partial charge in [-0.05, 0) is 54.8 Å². The number of nitrogens with zero attached hydrogens (tertiary/aromatic N) is 3. The number of benzene rings is 2. The number of aryl methyl sites for hydroxylation is 1. The van der Waals surface area contributed by atoms with Crippen LogP contribution in [0.1, 0.15) is 47.7 Å². The quantitative estimate of drug-likeness (QED) is 0.196. The molecule has 2 N–H and O–H groups in total. The maximum Gasteiger partial charge on any atom is 0.234 e. The van der Waals surface area contributed by atoms with Crippen molar-refractivity contribution in [3.05, 3.63) is 88.5 Å². The van der Waals surface area contributed by atoms with Crippen molar-refractivity contribution < 1.29 is 19.0 Å². The molecule has 194 valence electrons. The lowest BCUT2D eigenvalue weighted by atomic mass is 9.99. The van der Waals surface area contributed by atoms with Gasteiger partial charge in [0, 0.05) is 35.0 Å². The minimum absolute atomic E-state index is 0.118. The largest absolute Gasteiger partial charge is 0.436 e. The first-order valence-electron chi connectivity index (χ1n) is 12.3. The third kappa shape index (κ3) is 5.39. The Labute approximate surface area is 224 Å². The van der Waals surface area contributed by atoms with Crippen LogP contribution in [0.15, 0.2) is 59.8 Å². The molecular weight excluding hydrogens is 503 g/mol. The summed E-state index contributed by atoms with van der Waals surface area (Å²) in [6.45, 7) is 5.90. The average Bonchev–Trinajstić information content (AvgIpc) is 2.92. The highest BCUT2D eigenvalue weighted by molar-refractivity contribution is 8.00. The van der Waals surface area contributed by atoms with E-state index in [2.05, 4.69) is 29.1 Å². The Morgan fingerprint density at radius 2 is 1.84 bits per heavy atom. The lowest BCUT2D eigenvalue weighted by Gasteiger charge is -2.24. The molecular formula is C29H27FN4O3S. The normalized spacial score (nSPS) is 12.1. The highest BCUT2D eigenvalue weighted by Gasteiger charge is 2.28. The van der Waals surface area contributed by atoms with E-state index in [1.165, 1.54) is 29.5 Å². The number of rotatable bonds is 7. The first-order valence-corrected chi connectivity index (χ1v) is 13.3. The second kappa shape index (κ2) is 10.9. The van der Waals surface area contributed by atoms with Crippen molar-refractivity contribution in [2.45, 2.75) is 44.7 Å². The van der Waals surface area contributed by atoms with Crippen LogP contribution in [0.4, 0.5) is 10.1 Å². The van der Waals surface area contributed by atoms with E-state index in [9.17, 15) is 14.3 Å². The number of aromatic nitrogens is 3. The molecule has 0 bridgehead atoms. The summed E-state index contributed by atoms with van der Waals surface area (Å²) in [5.41, 5.74) is 5.44. The molecule has 0 unspecified atom stereocenters. The maximum absolute atomic E-state index is 13.5. The predicted octanol–water partition coefficient (Wildman–Crippen LogP) is 6.03. The number of anilines is 1. The molecule has 1 amide bonds. The lowest BCUT2D eigenvalue weighted by molar-refractivity contribution is -0.113. The molecule has 0 saturated heterocycles. The van der Waals surface area contributed by atoms with Crippen LogP contribution in [-0.2, 0) is 17.8 Å². The molecule has 2 aromatic carbocycles. The molecule has 38 heavy (non-hydrogen) atoms. The predicted molar refractivity (Wildman–Crippen MR) is 145 cm³/mol. The standard InChI is InChI=1S/C29H27FN4O3S/c1-16(2)18-6-10-22(11-7-18)32-25(36)15-38-29-24-12-23-20(14-35)13-31-17(3)26(23)37-28(24)33-27(34-29)19-4-8-21(30)9-5-19/h4-11,13,16,35H,12,14-15H2,1-3H3,(H,32,36). The van der Waals surface area contributed by atoms with Gasteiger partial charge in [0.05, 0.1) is 23.6 Å². The van der Waals surface area contributed by atoms with Crippen molar-refractivity contribution in [3.63, 3.8) is 0 Å². The van der Waals surface area contributed by atoms with Crippen LogP contribution < -0.4 is 10.1 Å². The van der Waals surface area contributed by atoms with E-state index in [0.29, 0.717) is 51.6 Å². The van der Waals surface area contributed by atoms with E-state index in [1.54, 1.807) is 18.3 Å². The third-order valence-corrected chi connectivity index (χ3v) is 7.38. The fourth-order valence-electron chi connectivity index (χ4n) is 4.22. The number of ether oxygens (including phenoxy) is 1. The summed E-state index contributed by atoms with van der Waals surface area (Å²) in [4.78, 5) is 26.5. The molecule has 7 nitrogen and oxygen atoms in total. The number of carbonyl (C=O) groups excluding carboxylic acids is 1. The molecule has 0 spiro atoms. The summed E-state index contributed by atoms with van der Waals surface area (Å²) in [6, 6.07) is 13.7. The number of carbonyl (C=O) groups is 1. The van der Waals surface area contributed by atoms with Crippen LogP contribution in [0.5, 0.6) is 11.6 Å². The van der Waals surface area contributed by atoms with Crippen molar-refractivity contribution in [1.82, 2.24) is 15.0 Å². The Kier molecular flexibility index (Phi) is 7.40. The number of amides is 1. The van der Waals surface area contributed by atoms with E-state index in [-0.39, 0.29) is 24.1 Å². The molecule has 3 heterocycles. The molecule has 0 atom stereocenters. The fraction of sp³-hybridized carbons (Fsp3) is 0.241. The van der Waals surface area contributed by atoms with Gasteiger partial charge in [-0.3, -0.25) is 9.78 Å². The summed E-state index contributed by atoms with van der Waals surface area (Å²) in [7, 11) is 0. The van der Waals surface area contributed by atoms with Gasteiger partial charge in [-0.25, -0.2) is 9.37 Å². The summed E-state index contributed by atoms with van der Waals surface area (Å²) in [5, 5.41) is 13.4. The third-order valence-electron chi connectivity index (χ3n) is 6.36. The number of hydrogen-bond donors (Lipinski definition) is 2. The SMILES string of the molecule is Cc1ncc(CO)c2c1Oc1nc(-c3ccc(F)cc3)nc(SCC(=O)Nc3ccc(C(C)C)cc3)c1C2. The number of halogens is 1. The summed E-state index contributed by atoms with van der Waals surface area (Å²) < 4.78 is 19.7. The van der Waals surface area contributed by atoms with Gasteiger partial charge in [0.2, 0.25) is 11.8 Å². The first-order chi connectivity index (χ1) is 18.3. The molecule has 4 aromatic rings. The lowest BCUT2D eigenvalue weighted by Crippen LogP contribution is -2.16. The van der Waals surface area contributed by atoms with Crippen LogP contribution in [0, 0.1) is 12.7 Å². The van der Waals surface area contributed by atoms with Crippen molar-refractivity contribution in [1.29, 1.82) is 0 Å². The number of aliphatic hydroxyl groups excluding tert-OH is 1. The molecule has 0 saturated carbocycles. The second-order valence-corrected chi connectivity index (χ2v) is 10.3. The fourth-order valence-corrected chi connectivity index (χ4v) is 5.05. The molecule has 0 aliphatic carbocycles. The zero-order valence-electron chi connectivity index (χ0n) is 21.3. The molecule has 1 aliphatic rings. The molecule has 0 fully saturated rings. The van der Waals surface area contributed by atoms with Crippen LogP contribution >= 0.6 is 11.8 Å². The van der Waals surface area contributed by atoms with Crippen molar-refractivity contribution in [3.8, 4) is 23.0 Å².